The maximum atomic E-state index is 5.98. The van der Waals surface area contributed by atoms with Crippen molar-refractivity contribution in [2.75, 3.05) is 26.9 Å². The summed E-state index contributed by atoms with van der Waals surface area (Å²) in [6.07, 6.45) is 0. The van der Waals surface area contributed by atoms with Gasteiger partial charge >= 0.3 is 0 Å². The first-order valence-corrected chi connectivity index (χ1v) is 6.82. The lowest BCUT2D eigenvalue weighted by atomic mass is 9.91. The summed E-state index contributed by atoms with van der Waals surface area (Å²) in [5, 5.41) is 0. The van der Waals surface area contributed by atoms with Gasteiger partial charge in [0.15, 0.2) is 0 Å². The second-order valence-corrected chi connectivity index (χ2v) is 4.58. The molecule has 0 aliphatic carbocycles. The average molecular weight is 271 g/mol. The van der Waals surface area contributed by atoms with Gasteiger partial charge in [-0.1, -0.05) is 48.5 Å². The van der Waals surface area contributed by atoms with Crippen LogP contribution in [0.5, 0.6) is 5.75 Å². The lowest BCUT2D eigenvalue weighted by Gasteiger charge is -2.19. The predicted molar refractivity (Wildman–Crippen MR) is 81.2 cm³/mol. The molecule has 3 heteroatoms. The molecule has 1 unspecified atom stereocenters. The second-order valence-electron chi connectivity index (χ2n) is 4.58. The van der Waals surface area contributed by atoms with Gasteiger partial charge in [0.2, 0.25) is 0 Å². The third kappa shape index (κ3) is 3.59. The first-order chi connectivity index (χ1) is 9.86. The van der Waals surface area contributed by atoms with E-state index in [0.717, 1.165) is 11.3 Å². The summed E-state index contributed by atoms with van der Waals surface area (Å²) in [5.41, 5.74) is 8.31. The number of methoxy groups -OCH3 is 1. The fourth-order valence-corrected chi connectivity index (χ4v) is 2.26. The molecular weight excluding hydrogens is 250 g/mol. The van der Waals surface area contributed by atoms with Crippen molar-refractivity contribution in [3.05, 3.63) is 65.7 Å². The molecule has 2 N–H and O–H groups in total. The highest BCUT2D eigenvalue weighted by molar-refractivity contribution is 5.42. The molecular formula is C17H21NO2. The maximum absolute atomic E-state index is 5.98. The van der Waals surface area contributed by atoms with E-state index in [1.54, 1.807) is 7.11 Å². The van der Waals surface area contributed by atoms with E-state index < -0.39 is 0 Å². The molecule has 0 fully saturated rings. The smallest absolute Gasteiger partial charge is 0.123 e. The van der Waals surface area contributed by atoms with Crippen molar-refractivity contribution in [2.24, 2.45) is 5.73 Å². The third-order valence-electron chi connectivity index (χ3n) is 3.28. The van der Waals surface area contributed by atoms with Gasteiger partial charge in [-0.3, -0.25) is 0 Å². The van der Waals surface area contributed by atoms with Crippen LogP contribution in [-0.4, -0.2) is 26.9 Å². The Morgan fingerprint density at radius 1 is 0.950 bits per heavy atom. The molecule has 106 valence electrons. The molecule has 0 amide bonds. The van der Waals surface area contributed by atoms with Crippen LogP contribution in [0.1, 0.15) is 17.0 Å². The minimum absolute atomic E-state index is 0.148. The quantitative estimate of drug-likeness (QED) is 0.788. The van der Waals surface area contributed by atoms with E-state index in [9.17, 15) is 0 Å². The second kappa shape index (κ2) is 7.68. The van der Waals surface area contributed by atoms with E-state index in [4.69, 9.17) is 15.2 Å². The van der Waals surface area contributed by atoms with E-state index in [0.29, 0.717) is 19.8 Å². The Bertz CT molecular complexity index is 513. The summed E-state index contributed by atoms with van der Waals surface area (Å²) in [6.45, 7) is 1.67. The number of para-hydroxylation sites is 1. The fourth-order valence-electron chi connectivity index (χ4n) is 2.26. The number of rotatable bonds is 7. The molecule has 2 aromatic carbocycles. The molecule has 0 heterocycles. The Hall–Kier alpha value is -1.84. The van der Waals surface area contributed by atoms with Gasteiger partial charge in [0.05, 0.1) is 6.61 Å². The zero-order valence-corrected chi connectivity index (χ0v) is 11.8. The van der Waals surface area contributed by atoms with Crippen molar-refractivity contribution in [3.8, 4) is 5.75 Å². The number of benzene rings is 2. The Labute approximate surface area is 120 Å². The van der Waals surface area contributed by atoms with Crippen molar-refractivity contribution in [3.63, 3.8) is 0 Å². The molecule has 0 saturated heterocycles. The van der Waals surface area contributed by atoms with Gasteiger partial charge in [-0.25, -0.2) is 0 Å². The van der Waals surface area contributed by atoms with Gasteiger partial charge < -0.3 is 15.2 Å². The molecule has 3 nitrogen and oxygen atoms in total. The van der Waals surface area contributed by atoms with Crippen LogP contribution in [0.2, 0.25) is 0 Å². The highest BCUT2D eigenvalue weighted by Crippen LogP contribution is 2.31. The summed E-state index contributed by atoms with van der Waals surface area (Å²) in [7, 11) is 1.67. The molecule has 0 aliphatic rings. The van der Waals surface area contributed by atoms with Crippen LogP contribution in [-0.2, 0) is 4.74 Å². The lowest BCUT2D eigenvalue weighted by molar-refractivity contribution is 0.145. The van der Waals surface area contributed by atoms with Crippen LogP contribution in [0.4, 0.5) is 0 Å². The first kappa shape index (κ1) is 14.6. The molecule has 0 spiro atoms. The number of hydrogen-bond donors (Lipinski definition) is 1. The monoisotopic (exact) mass is 271 g/mol. The van der Waals surface area contributed by atoms with Crippen molar-refractivity contribution >= 4 is 0 Å². The number of hydrogen-bond acceptors (Lipinski definition) is 3. The van der Waals surface area contributed by atoms with E-state index in [1.165, 1.54) is 5.56 Å². The SMILES string of the molecule is COCCOc1ccccc1C(CN)c1ccccc1. The Morgan fingerprint density at radius 3 is 2.35 bits per heavy atom. The minimum Gasteiger partial charge on any atom is -0.491 e. The summed E-state index contributed by atoms with van der Waals surface area (Å²) in [6, 6.07) is 18.3. The normalized spacial score (nSPS) is 12.1. The number of ether oxygens (including phenoxy) is 2. The molecule has 2 rings (SSSR count). The molecule has 0 aliphatic heterocycles. The van der Waals surface area contributed by atoms with Gasteiger partial charge in [0, 0.05) is 25.1 Å². The number of nitrogens with two attached hydrogens (primary N) is 1. The summed E-state index contributed by atoms with van der Waals surface area (Å²) in [5.74, 6) is 1.03. The van der Waals surface area contributed by atoms with E-state index in [2.05, 4.69) is 18.2 Å². The van der Waals surface area contributed by atoms with Crippen molar-refractivity contribution in [2.45, 2.75) is 5.92 Å². The van der Waals surface area contributed by atoms with Crippen LogP contribution in [0.15, 0.2) is 54.6 Å². The molecule has 0 radical (unpaired) electrons. The van der Waals surface area contributed by atoms with E-state index in [1.807, 2.05) is 36.4 Å². The third-order valence-corrected chi connectivity index (χ3v) is 3.28. The first-order valence-electron chi connectivity index (χ1n) is 6.82. The van der Waals surface area contributed by atoms with Crippen LogP contribution in [0.3, 0.4) is 0 Å². The van der Waals surface area contributed by atoms with Gasteiger partial charge in [-0.05, 0) is 11.6 Å². The van der Waals surface area contributed by atoms with Gasteiger partial charge in [-0.15, -0.1) is 0 Å². The van der Waals surface area contributed by atoms with Gasteiger partial charge in [0.25, 0.3) is 0 Å². The highest BCUT2D eigenvalue weighted by atomic mass is 16.5. The van der Waals surface area contributed by atoms with Crippen LogP contribution >= 0.6 is 0 Å². The topological polar surface area (TPSA) is 44.5 Å². The lowest BCUT2D eigenvalue weighted by Crippen LogP contribution is -2.15. The van der Waals surface area contributed by atoms with Crippen LogP contribution in [0, 0.1) is 0 Å². The van der Waals surface area contributed by atoms with Crippen molar-refractivity contribution in [1.82, 2.24) is 0 Å². The molecule has 1 atom stereocenters. The van der Waals surface area contributed by atoms with E-state index >= 15 is 0 Å². The van der Waals surface area contributed by atoms with Crippen LogP contribution in [0.25, 0.3) is 0 Å². The summed E-state index contributed by atoms with van der Waals surface area (Å²) < 4.78 is 10.8. The minimum atomic E-state index is 0.148. The predicted octanol–water partition coefficient (Wildman–Crippen LogP) is 2.80. The Morgan fingerprint density at radius 2 is 1.65 bits per heavy atom. The molecule has 20 heavy (non-hydrogen) atoms. The molecule has 2 aromatic rings. The van der Waals surface area contributed by atoms with Gasteiger partial charge in [-0.2, -0.15) is 0 Å². The summed E-state index contributed by atoms with van der Waals surface area (Å²) >= 11 is 0. The molecule has 0 aromatic heterocycles. The Balaban J connectivity index is 2.25. The largest absolute Gasteiger partial charge is 0.491 e. The molecule has 0 bridgehead atoms. The van der Waals surface area contributed by atoms with Gasteiger partial charge in [0.1, 0.15) is 12.4 Å². The zero-order valence-electron chi connectivity index (χ0n) is 11.8. The van der Waals surface area contributed by atoms with E-state index in [-0.39, 0.29) is 5.92 Å². The Kier molecular flexibility index (Phi) is 5.59. The van der Waals surface area contributed by atoms with Crippen molar-refractivity contribution in [1.29, 1.82) is 0 Å². The van der Waals surface area contributed by atoms with Crippen molar-refractivity contribution < 1.29 is 9.47 Å². The van der Waals surface area contributed by atoms with Crippen LogP contribution < -0.4 is 10.5 Å². The zero-order chi connectivity index (χ0) is 14.2. The maximum Gasteiger partial charge on any atom is 0.123 e. The average Bonchev–Trinajstić information content (AvgIpc) is 2.51. The standard InChI is InChI=1S/C17H21NO2/c1-19-11-12-20-17-10-6-5-9-15(17)16(13-18)14-7-3-2-4-8-14/h2-10,16H,11-13,18H2,1H3. The fraction of sp³-hybridized carbons (Fsp3) is 0.294. The highest BCUT2D eigenvalue weighted by Gasteiger charge is 2.16. The molecule has 0 saturated carbocycles. The summed E-state index contributed by atoms with van der Waals surface area (Å²) in [4.78, 5) is 0.